The van der Waals surface area contributed by atoms with E-state index in [1.807, 2.05) is 18.2 Å². The van der Waals surface area contributed by atoms with Gasteiger partial charge in [-0.15, -0.1) is 0 Å². The van der Waals surface area contributed by atoms with Crippen LogP contribution in [-0.2, 0) is 0 Å². The summed E-state index contributed by atoms with van der Waals surface area (Å²) in [5, 5.41) is 0. The second-order valence-electron chi connectivity index (χ2n) is 4.79. The van der Waals surface area contributed by atoms with Crippen LogP contribution >= 0.6 is 15.9 Å². The van der Waals surface area contributed by atoms with E-state index in [1.54, 1.807) is 0 Å². The van der Waals surface area contributed by atoms with Crippen molar-refractivity contribution in [3.63, 3.8) is 0 Å². The Balaban J connectivity index is 2.52. The van der Waals surface area contributed by atoms with Crippen molar-refractivity contribution in [1.29, 1.82) is 0 Å². The molecule has 2 aromatic rings. The van der Waals surface area contributed by atoms with E-state index in [1.165, 1.54) is 11.1 Å². The molecule has 0 aliphatic rings. The van der Waals surface area contributed by atoms with E-state index in [9.17, 15) is 0 Å². The average Bonchev–Trinajstić information content (AvgIpc) is 2.33. The van der Waals surface area contributed by atoms with Gasteiger partial charge in [0.05, 0.1) is 6.04 Å². The number of hydrogen-bond acceptors (Lipinski definition) is 3. The molecule has 4 heteroatoms. The SMILES string of the molecule is Cc1cc(C)cc(C(NN)c2cc(Br)ccc2N)c1. The lowest BCUT2D eigenvalue weighted by Gasteiger charge is -2.20. The first-order valence-corrected chi connectivity index (χ1v) is 6.90. The summed E-state index contributed by atoms with van der Waals surface area (Å²) in [6.45, 7) is 4.16. The second-order valence-corrected chi connectivity index (χ2v) is 5.71. The zero-order valence-corrected chi connectivity index (χ0v) is 12.7. The number of nitrogen functional groups attached to an aromatic ring is 1. The van der Waals surface area contributed by atoms with Gasteiger partial charge >= 0.3 is 0 Å². The number of halogens is 1. The van der Waals surface area contributed by atoms with Gasteiger partial charge in [0.1, 0.15) is 0 Å². The quantitative estimate of drug-likeness (QED) is 0.462. The molecule has 0 spiro atoms. The standard InChI is InChI=1S/C15H18BrN3/c1-9-5-10(2)7-11(6-9)15(19-18)13-8-12(16)3-4-14(13)17/h3-8,15,19H,17-18H2,1-2H3. The van der Waals surface area contributed by atoms with E-state index in [0.717, 1.165) is 21.3 Å². The van der Waals surface area contributed by atoms with Crippen LogP contribution in [0, 0.1) is 13.8 Å². The fourth-order valence-corrected chi connectivity index (χ4v) is 2.72. The number of anilines is 1. The van der Waals surface area contributed by atoms with Crippen LogP contribution in [0.15, 0.2) is 40.9 Å². The molecule has 3 nitrogen and oxygen atoms in total. The third-order valence-corrected chi connectivity index (χ3v) is 3.60. The highest BCUT2D eigenvalue weighted by Crippen LogP contribution is 2.29. The summed E-state index contributed by atoms with van der Waals surface area (Å²) in [5.41, 5.74) is 14.2. The Morgan fingerprint density at radius 3 is 2.26 bits per heavy atom. The van der Waals surface area contributed by atoms with Crippen LogP contribution in [0.1, 0.15) is 28.3 Å². The van der Waals surface area contributed by atoms with Gasteiger partial charge in [0, 0.05) is 10.2 Å². The molecule has 0 saturated heterocycles. The Morgan fingerprint density at radius 2 is 1.68 bits per heavy atom. The lowest BCUT2D eigenvalue weighted by atomic mass is 9.95. The van der Waals surface area contributed by atoms with E-state index in [4.69, 9.17) is 11.6 Å². The van der Waals surface area contributed by atoms with Crippen molar-refractivity contribution >= 4 is 21.6 Å². The third kappa shape index (κ3) is 3.15. The monoisotopic (exact) mass is 319 g/mol. The topological polar surface area (TPSA) is 64.1 Å². The van der Waals surface area contributed by atoms with Gasteiger partial charge in [-0.05, 0) is 43.2 Å². The average molecular weight is 320 g/mol. The number of nitrogens with two attached hydrogens (primary N) is 2. The molecule has 2 aromatic carbocycles. The molecule has 100 valence electrons. The molecule has 0 radical (unpaired) electrons. The zero-order valence-electron chi connectivity index (χ0n) is 11.1. The summed E-state index contributed by atoms with van der Waals surface area (Å²) in [7, 11) is 0. The molecule has 0 fully saturated rings. The maximum atomic E-state index is 6.06. The molecule has 0 heterocycles. The summed E-state index contributed by atoms with van der Waals surface area (Å²) < 4.78 is 0.987. The van der Waals surface area contributed by atoms with Crippen LogP contribution in [-0.4, -0.2) is 0 Å². The summed E-state index contributed by atoms with van der Waals surface area (Å²) in [5.74, 6) is 5.74. The molecule has 0 bridgehead atoms. The van der Waals surface area contributed by atoms with Gasteiger partial charge in [0.2, 0.25) is 0 Å². The van der Waals surface area contributed by atoms with E-state index in [0.29, 0.717) is 0 Å². The molecule has 0 aromatic heterocycles. The molecule has 0 saturated carbocycles. The van der Waals surface area contributed by atoms with E-state index in [2.05, 4.69) is 53.4 Å². The molecule has 1 atom stereocenters. The van der Waals surface area contributed by atoms with Crippen LogP contribution in [0.2, 0.25) is 0 Å². The van der Waals surface area contributed by atoms with Crippen LogP contribution < -0.4 is 17.0 Å². The molecule has 19 heavy (non-hydrogen) atoms. The minimum absolute atomic E-state index is 0.115. The molecular formula is C15H18BrN3. The summed E-state index contributed by atoms with van der Waals surface area (Å²) in [4.78, 5) is 0. The normalized spacial score (nSPS) is 12.4. The van der Waals surface area contributed by atoms with Gasteiger partial charge in [-0.25, -0.2) is 5.43 Å². The highest BCUT2D eigenvalue weighted by molar-refractivity contribution is 9.10. The van der Waals surface area contributed by atoms with Crippen LogP contribution in [0.25, 0.3) is 0 Å². The minimum Gasteiger partial charge on any atom is -0.398 e. The number of hydrazine groups is 1. The first-order chi connectivity index (χ1) is 9.01. The van der Waals surface area contributed by atoms with Gasteiger partial charge < -0.3 is 5.73 Å². The number of benzene rings is 2. The van der Waals surface area contributed by atoms with Crippen molar-refractivity contribution in [1.82, 2.24) is 5.43 Å². The maximum Gasteiger partial charge on any atom is 0.0730 e. The second kappa shape index (κ2) is 5.74. The molecular weight excluding hydrogens is 302 g/mol. The first-order valence-electron chi connectivity index (χ1n) is 6.10. The molecule has 0 aliphatic carbocycles. The molecule has 5 N–H and O–H groups in total. The smallest absolute Gasteiger partial charge is 0.0730 e. The first kappa shape index (κ1) is 14.1. The molecule has 1 unspecified atom stereocenters. The van der Waals surface area contributed by atoms with Crippen LogP contribution in [0.5, 0.6) is 0 Å². The van der Waals surface area contributed by atoms with Crippen molar-refractivity contribution in [3.05, 3.63) is 63.1 Å². The Bertz CT molecular complexity index is 576. The zero-order chi connectivity index (χ0) is 14.0. The summed E-state index contributed by atoms with van der Waals surface area (Å²) in [6.07, 6.45) is 0. The lowest BCUT2D eigenvalue weighted by Crippen LogP contribution is -2.29. The van der Waals surface area contributed by atoms with Crippen molar-refractivity contribution in [2.75, 3.05) is 5.73 Å². The summed E-state index contributed by atoms with van der Waals surface area (Å²) >= 11 is 3.47. The van der Waals surface area contributed by atoms with Gasteiger partial charge in [-0.3, -0.25) is 5.84 Å². The highest BCUT2D eigenvalue weighted by atomic mass is 79.9. The van der Waals surface area contributed by atoms with Gasteiger partial charge in [-0.1, -0.05) is 45.3 Å². The fraction of sp³-hybridized carbons (Fsp3) is 0.200. The number of nitrogens with one attached hydrogen (secondary N) is 1. The van der Waals surface area contributed by atoms with Gasteiger partial charge in [0.25, 0.3) is 0 Å². The fourth-order valence-electron chi connectivity index (χ4n) is 2.34. The predicted molar refractivity (Wildman–Crippen MR) is 83.6 cm³/mol. The number of hydrogen-bond donors (Lipinski definition) is 3. The van der Waals surface area contributed by atoms with Crippen LogP contribution in [0.4, 0.5) is 5.69 Å². The van der Waals surface area contributed by atoms with Crippen molar-refractivity contribution < 1.29 is 0 Å². The van der Waals surface area contributed by atoms with Gasteiger partial charge in [0.15, 0.2) is 0 Å². The van der Waals surface area contributed by atoms with Gasteiger partial charge in [-0.2, -0.15) is 0 Å². The highest BCUT2D eigenvalue weighted by Gasteiger charge is 2.16. The summed E-state index contributed by atoms with van der Waals surface area (Å²) in [6, 6.07) is 12.1. The predicted octanol–water partition coefficient (Wildman–Crippen LogP) is 3.20. The van der Waals surface area contributed by atoms with Crippen molar-refractivity contribution in [2.45, 2.75) is 19.9 Å². The molecule has 2 rings (SSSR count). The molecule has 0 aliphatic heterocycles. The van der Waals surface area contributed by atoms with E-state index >= 15 is 0 Å². The number of aryl methyl sites for hydroxylation is 2. The number of rotatable bonds is 3. The Morgan fingerprint density at radius 1 is 1.05 bits per heavy atom. The Labute approximate surface area is 122 Å². The maximum absolute atomic E-state index is 6.06. The lowest BCUT2D eigenvalue weighted by molar-refractivity contribution is 0.637. The molecule has 0 amide bonds. The Hall–Kier alpha value is -1.36. The minimum atomic E-state index is -0.115. The van der Waals surface area contributed by atoms with Crippen LogP contribution in [0.3, 0.4) is 0 Å². The van der Waals surface area contributed by atoms with Crippen molar-refractivity contribution in [2.24, 2.45) is 5.84 Å². The van der Waals surface area contributed by atoms with E-state index < -0.39 is 0 Å². The largest absolute Gasteiger partial charge is 0.398 e. The van der Waals surface area contributed by atoms with Crippen molar-refractivity contribution in [3.8, 4) is 0 Å². The Kier molecular flexibility index (Phi) is 4.24. The van der Waals surface area contributed by atoms with E-state index in [-0.39, 0.29) is 6.04 Å². The third-order valence-electron chi connectivity index (χ3n) is 3.10.